The third kappa shape index (κ3) is 2.82. The molecule has 1 aliphatic heterocycles. The van der Waals surface area contributed by atoms with Crippen LogP contribution in [0.1, 0.15) is 13.8 Å². The van der Waals surface area contributed by atoms with Crippen molar-refractivity contribution in [1.29, 1.82) is 0 Å². The monoisotopic (exact) mass is 186 g/mol. The van der Waals surface area contributed by atoms with Crippen LogP contribution in [0.15, 0.2) is 12.2 Å². The first-order valence-electron chi connectivity index (χ1n) is 4.18. The molecule has 1 heterocycles. The molecule has 1 saturated heterocycles. The second-order valence-corrected chi connectivity index (χ2v) is 3.57. The molecule has 0 radical (unpaired) electrons. The number of rotatable bonds is 3. The number of hydrogen-bond donors (Lipinski definition) is 1. The molecule has 1 N–H and O–H groups in total. The fourth-order valence-corrected chi connectivity index (χ4v) is 1.15. The fourth-order valence-electron chi connectivity index (χ4n) is 1.15. The largest absolute Gasteiger partial charge is 0.478 e. The van der Waals surface area contributed by atoms with Gasteiger partial charge in [-0.15, -0.1) is 0 Å². The van der Waals surface area contributed by atoms with E-state index in [1.165, 1.54) is 0 Å². The van der Waals surface area contributed by atoms with Crippen molar-refractivity contribution in [2.75, 3.05) is 13.2 Å². The van der Waals surface area contributed by atoms with Crippen molar-refractivity contribution in [3.63, 3.8) is 0 Å². The second kappa shape index (κ2) is 3.89. The van der Waals surface area contributed by atoms with Crippen molar-refractivity contribution >= 4 is 5.97 Å². The zero-order valence-corrected chi connectivity index (χ0v) is 7.82. The van der Waals surface area contributed by atoms with Crippen molar-refractivity contribution in [3.8, 4) is 0 Å². The number of hydrogen-bond acceptors (Lipinski definition) is 3. The third-order valence-electron chi connectivity index (χ3n) is 1.88. The van der Waals surface area contributed by atoms with Crippen molar-refractivity contribution in [1.82, 2.24) is 0 Å². The molecule has 0 amide bonds. The van der Waals surface area contributed by atoms with Gasteiger partial charge >= 0.3 is 5.97 Å². The Hall–Kier alpha value is -0.870. The summed E-state index contributed by atoms with van der Waals surface area (Å²) >= 11 is 0. The molecule has 1 fully saturated rings. The van der Waals surface area contributed by atoms with Gasteiger partial charge in [-0.05, 0) is 0 Å². The Labute approximate surface area is 77.1 Å². The van der Waals surface area contributed by atoms with E-state index in [1.807, 2.05) is 13.8 Å². The van der Waals surface area contributed by atoms with Gasteiger partial charge in [-0.1, -0.05) is 19.9 Å². The van der Waals surface area contributed by atoms with Crippen LogP contribution in [-0.4, -0.2) is 30.6 Å². The molecule has 0 aliphatic carbocycles. The average Bonchev–Trinajstić information content (AvgIpc) is 2.53. The summed E-state index contributed by atoms with van der Waals surface area (Å²) in [6.07, 6.45) is 2.37. The van der Waals surface area contributed by atoms with E-state index >= 15 is 0 Å². The lowest BCUT2D eigenvalue weighted by Gasteiger charge is -2.25. The van der Waals surface area contributed by atoms with Gasteiger partial charge in [0.05, 0.1) is 13.2 Å². The Morgan fingerprint density at radius 2 is 2.00 bits per heavy atom. The van der Waals surface area contributed by atoms with E-state index in [9.17, 15) is 4.79 Å². The van der Waals surface area contributed by atoms with Gasteiger partial charge < -0.3 is 14.6 Å². The molecule has 4 heteroatoms. The second-order valence-electron chi connectivity index (χ2n) is 3.57. The SMILES string of the molecule is CC(C)(C=CC(=O)O)C1OCCO1. The maximum absolute atomic E-state index is 10.3. The highest BCUT2D eigenvalue weighted by atomic mass is 16.7. The van der Waals surface area contributed by atoms with Gasteiger partial charge in [-0.2, -0.15) is 0 Å². The highest BCUT2D eigenvalue weighted by molar-refractivity contribution is 5.79. The standard InChI is InChI=1S/C9H14O4/c1-9(2,4-3-7(10)11)8-12-5-6-13-8/h3-4,8H,5-6H2,1-2H3,(H,10,11). The Kier molecular flexibility index (Phi) is 3.06. The quantitative estimate of drug-likeness (QED) is 0.669. The van der Waals surface area contributed by atoms with Gasteiger partial charge in [0.2, 0.25) is 0 Å². The van der Waals surface area contributed by atoms with Crippen LogP contribution in [0.4, 0.5) is 0 Å². The highest BCUT2D eigenvalue weighted by Crippen LogP contribution is 2.28. The van der Waals surface area contributed by atoms with Crippen LogP contribution in [0.5, 0.6) is 0 Å². The van der Waals surface area contributed by atoms with E-state index in [0.29, 0.717) is 13.2 Å². The van der Waals surface area contributed by atoms with Crippen LogP contribution in [0.25, 0.3) is 0 Å². The third-order valence-corrected chi connectivity index (χ3v) is 1.88. The molecular formula is C9H14O4. The molecule has 74 valence electrons. The molecule has 0 spiro atoms. The van der Waals surface area contributed by atoms with Gasteiger partial charge in [0.1, 0.15) is 0 Å². The maximum atomic E-state index is 10.3. The molecule has 0 aromatic rings. The summed E-state index contributed by atoms with van der Waals surface area (Å²) in [4.78, 5) is 10.3. The molecular weight excluding hydrogens is 172 g/mol. The lowest BCUT2D eigenvalue weighted by molar-refractivity contribution is -0.131. The molecule has 1 rings (SSSR count). The van der Waals surface area contributed by atoms with Crippen LogP contribution in [-0.2, 0) is 14.3 Å². The first kappa shape index (κ1) is 10.2. The van der Waals surface area contributed by atoms with Gasteiger partial charge in [0.15, 0.2) is 6.29 Å². The van der Waals surface area contributed by atoms with Gasteiger partial charge in [-0.3, -0.25) is 0 Å². The van der Waals surface area contributed by atoms with Crippen molar-refractivity contribution in [2.24, 2.45) is 5.41 Å². The lowest BCUT2D eigenvalue weighted by atomic mass is 9.92. The number of carbonyl (C=O) groups is 1. The highest BCUT2D eigenvalue weighted by Gasteiger charge is 2.31. The van der Waals surface area contributed by atoms with Crippen molar-refractivity contribution in [2.45, 2.75) is 20.1 Å². The molecule has 0 aromatic heterocycles. The molecule has 1 aliphatic rings. The van der Waals surface area contributed by atoms with E-state index in [4.69, 9.17) is 14.6 Å². The number of carboxylic acid groups (broad SMARTS) is 1. The Bertz CT molecular complexity index is 214. The minimum absolute atomic E-state index is 0.330. The summed E-state index contributed by atoms with van der Waals surface area (Å²) in [6.45, 7) is 4.91. The Morgan fingerprint density at radius 1 is 1.46 bits per heavy atom. The zero-order valence-electron chi connectivity index (χ0n) is 7.82. The van der Waals surface area contributed by atoms with Crippen LogP contribution in [0.2, 0.25) is 0 Å². The molecule has 0 unspecified atom stereocenters. The summed E-state index contributed by atoms with van der Waals surface area (Å²) < 4.78 is 10.6. The smallest absolute Gasteiger partial charge is 0.327 e. The summed E-state index contributed by atoms with van der Waals surface area (Å²) in [5.74, 6) is -0.953. The number of carboxylic acids is 1. The molecule has 0 bridgehead atoms. The predicted molar refractivity (Wildman–Crippen MR) is 46.2 cm³/mol. The van der Waals surface area contributed by atoms with E-state index in [2.05, 4.69) is 0 Å². The molecule has 4 nitrogen and oxygen atoms in total. The lowest BCUT2D eigenvalue weighted by Crippen LogP contribution is -2.28. The van der Waals surface area contributed by atoms with Crippen LogP contribution in [0, 0.1) is 5.41 Å². The van der Waals surface area contributed by atoms with E-state index < -0.39 is 11.4 Å². The minimum atomic E-state index is -0.953. The minimum Gasteiger partial charge on any atom is -0.478 e. The Balaban J connectivity index is 2.58. The van der Waals surface area contributed by atoms with Crippen LogP contribution < -0.4 is 0 Å². The van der Waals surface area contributed by atoms with Gasteiger partial charge in [0.25, 0.3) is 0 Å². The topological polar surface area (TPSA) is 55.8 Å². The molecule has 0 saturated carbocycles. The van der Waals surface area contributed by atoms with Crippen molar-refractivity contribution < 1.29 is 19.4 Å². The Morgan fingerprint density at radius 3 is 2.46 bits per heavy atom. The van der Waals surface area contributed by atoms with E-state index in [0.717, 1.165) is 6.08 Å². The van der Waals surface area contributed by atoms with Gasteiger partial charge in [0, 0.05) is 11.5 Å². The van der Waals surface area contributed by atoms with Crippen LogP contribution >= 0.6 is 0 Å². The fraction of sp³-hybridized carbons (Fsp3) is 0.667. The molecule has 0 atom stereocenters. The summed E-state index contributed by atoms with van der Waals surface area (Å²) in [5.41, 5.74) is -0.394. The van der Waals surface area contributed by atoms with E-state index in [-0.39, 0.29) is 6.29 Å². The van der Waals surface area contributed by atoms with Crippen molar-refractivity contribution in [3.05, 3.63) is 12.2 Å². The molecule has 13 heavy (non-hydrogen) atoms. The molecule has 0 aromatic carbocycles. The normalized spacial score (nSPS) is 19.8. The van der Waals surface area contributed by atoms with Gasteiger partial charge in [-0.25, -0.2) is 4.79 Å². The average molecular weight is 186 g/mol. The summed E-state index contributed by atoms with van der Waals surface area (Å²) in [6, 6.07) is 0. The zero-order chi connectivity index (χ0) is 9.90. The first-order chi connectivity index (χ1) is 6.02. The van der Waals surface area contributed by atoms with E-state index in [1.54, 1.807) is 6.08 Å². The predicted octanol–water partition coefficient (Wildman–Crippen LogP) is 1.03. The maximum Gasteiger partial charge on any atom is 0.327 e. The summed E-state index contributed by atoms with van der Waals surface area (Å²) in [5, 5.41) is 8.45. The number of ether oxygens (including phenoxy) is 2. The first-order valence-corrected chi connectivity index (χ1v) is 4.18. The van der Waals surface area contributed by atoms with Crippen LogP contribution in [0.3, 0.4) is 0 Å². The summed E-state index contributed by atoms with van der Waals surface area (Å²) in [7, 11) is 0. The number of aliphatic carboxylic acids is 1.